The maximum absolute atomic E-state index is 12.4. The van der Waals surface area contributed by atoms with Gasteiger partial charge in [0.1, 0.15) is 6.10 Å². The zero-order chi connectivity index (χ0) is 18.4. The molecule has 4 atom stereocenters. The van der Waals surface area contributed by atoms with E-state index in [0.717, 1.165) is 19.3 Å². The second-order valence-corrected chi connectivity index (χ2v) is 8.88. The Balaban J connectivity index is 1.42. The zero-order valence-electron chi connectivity index (χ0n) is 15.5. The Morgan fingerprint density at radius 3 is 2.54 bits per heavy atom. The minimum Gasteiger partial charge on any atom is -0.458 e. The van der Waals surface area contributed by atoms with Crippen LogP contribution >= 0.6 is 0 Å². The van der Waals surface area contributed by atoms with Crippen LogP contribution in [0.1, 0.15) is 43.5 Å². The van der Waals surface area contributed by atoms with Crippen molar-refractivity contribution in [3.8, 4) is 0 Å². The molecule has 0 bridgehead atoms. The van der Waals surface area contributed by atoms with Crippen molar-refractivity contribution < 1.29 is 24.1 Å². The monoisotopic (exact) mass is 360 g/mol. The molecule has 1 aromatic carbocycles. The fraction of sp³-hybridized carbons (Fsp3) is 0.667. The maximum atomic E-state index is 12.4. The van der Waals surface area contributed by atoms with Crippen LogP contribution in [-0.2, 0) is 14.2 Å². The summed E-state index contributed by atoms with van der Waals surface area (Å²) in [5.41, 5.74) is 0.603. The van der Waals surface area contributed by atoms with Crippen LogP contribution in [0, 0.1) is 23.2 Å². The smallest absolute Gasteiger partial charge is 0.338 e. The van der Waals surface area contributed by atoms with Gasteiger partial charge in [-0.15, -0.1) is 0 Å². The normalized spacial score (nSPS) is 34.6. The third-order valence-corrected chi connectivity index (χ3v) is 6.22. The number of benzene rings is 1. The molecule has 2 aliphatic carbocycles. The fourth-order valence-electron chi connectivity index (χ4n) is 4.81. The van der Waals surface area contributed by atoms with Crippen LogP contribution in [0.15, 0.2) is 30.3 Å². The summed E-state index contributed by atoms with van der Waals surface area (Å²) in [5, 5.41) is 9.96. The summed E-state index contributed by atoms with van der Waals surface area (Å²) in [6, 6.07) is 9.04. The van der Waals surface area contributed by atoms with Crippen LogP contribution < -0.4 is 0 Å². The summed E-state index contributed by atoms with van der Waals surface area (Å²) in [5.74, 6) is -0.228. The van der Waals surface area contributed by atoms with E-state index >= 15 is 0 Å². The lowest BCUT2D eigenvalue weighted by atomic mass is 9.91. The van der Waals surface area contributed by atoms with Crippen LogP contribution in [0.2, 0.25) is 0 Å². The molecule has 2 saturated carbocycles. The number of rotatable bonds is 3. The average molecular weight is 360 g/mol. The molecule has 26 heavy (non-hydrogen) atoms. The highest BCUT2D eigenvalue weighted by molar-refractivity contribution is 5.89. The van der Waals surface area contributed by atoms with Crippen molar-refractivity contribution in [1.82, 2.24) is 0 Å². The van der Waals surface area contributed by atoms with Gasteiger partial charge >= 0.3 is 5.97 Å². The van der Waals surface area contributed by atoms with E-state index in [4.69, 9.17) is 14.2 Å². The molecule has 142 valence electrons. The number of esters is 1. The van der Waals surface area contributed by atoms with Gasteiger partial charge in [-0.05, 0) is 30.4 Å². The molecule has 1 aliphatic heterocycles. The largest absolute Gasteiger partial charge is 0.458 e. The minimum absolute atomic E-state index is 0.0233. The molecule has 4 rings (SSSR count). The molecule has 5 nitrogen and oxygen atoms in total. The second-order valence-electron chi connectivity index (χ2n) is 8.88. The molecular weight excluding hydrogens is 332 g/mol. The van der Waals surface area contributed by atoms with E-state index in [1.165, 1.54) is 0 Å². The second kappa shape index (κ2) is 6.63. The summed E-state index contributed by atoms with van der Waals surface area (Å²) in [4.78, 5) is 12.4. The van der Waals surface area contributed by atoms with Gasteiger partial charge in [-0.1, -0.05) is 32.0 Å². The molecule has 3 fully saturated rings. The SMILES string of the molecule is CC1(C)COC2(C[C@H]3C[C@@H](OC(=O)c4ccccc4)[C@H](CO)[C@H]3C2)OC1. The lowest BCUT2D eigenvalue weighted by Crippen LogP contribution is -2.47. The molecule has 1 heterocycles. The van der Waals surface area contributed by atoms with Gasteiger partial charge in [0, 0.05) is 30.8 Å². The first kappa shape index (κ1) is 18.0. The van der Waals surface area contributed by atoms with Crippen molar-refractivity contribution >= 4 is 5.97 Å². The first-order chi connectivity index (χ1) is 12.4. The molecule has 0 aromatic heterocycles. The number of ether oxygens (including phenoxy) is 3. The van der Waals surface area contributed by atoms with Crippen molar-refractivity contribution in [3.63, 3.8) is 0 Å². The summed E-state index contributed by atoms with van der Waals surface area (Å²) in [6.45, 7) is 5.71. The van der Waals surface area contributed by atoms with E-state index in [1.807, 2.05) is 18.2 Å². The van der Waals surface area contributed by atoms with E-state index in [-0.39, 0.29) is 35.9 Å². The van der Waals surface area contributed by atoms with Crippen LogP contribution in [0.4, 0.5) is 0 Å². The Bertz CT molecular complexity index is 646. The van der Waals surface area contributed by atoms with Crippen LogP contribution in [0.3, 0.4) is 0 Å². The Morgan fingerprint density at radius 1 is 1.19 bits per heavy atom. The van der Waals surface area contributed by atoms with Gasteiger partial charge in [0.05, 0.1) is 18.8 Å². The van der Waals surface area contributed by atoms with Gasteiger partial charge in [0.2, 0.25) is 0 Å². The lowest BCUT2D eigenvalue weighted by Gasteiger charge is -2.42. The van der Waals surface area contributed by atoms with Crippen molar-refractivity contribution in [2.24, 2.45) is 23.2 Å². The maximum Gasteiger partial charge on any atom is 0.338 e. The summed E-state index contributed by atoms with van der Waals surface area (Å²) >= 11 is 0. The van der Waals surface area contributed by atoms with Gasteiger partial charge in [0.25, 0.3) is 0 Å². The van der Waals surface area contributed by atoms with Gasteiger partial charge in [0.15, 0.2) is 5.79 Å². The van der Waals surface area contributed by atoms with Crippen molar-refractivity contribution in [1.29, 1.82) is 0 Å². The Hall–Kier alpha value is -1.43. The Morgan fingerprint density at radius 2 is 1.88 bits per heavy atom. The molecule has 1 spiro atoms. The van der Waals surface area contributed by atoms with E-state index < -0.39 is 5.79 Å². The fourth-order valence-corrected chi connectivity index (χ4v) is 4.81. The van der Waals surface area contributed by atoms with Crippen LogP contribution in [-0.4, -0.2) is 42.8 Å². The standard InChI is InChI=1S/C21H28O5/c1-20(2)12-24-21(25-13-20)9-15-8-18(17(11-22)16(15)10-21)26-19(23)14-6-4-3-5-7-14/h3-7,15-18,22H,8-13H2,1-2H3/t15-,16+,17-,18-/m1/s1. The van der Waals surface area contributed by atoms with Gasteiger partial charge < -0.3 is 19.3 Å². The van der Waals surface area contributed by atoms with Gasteiger partial charge in [-0.2, -0.15) is 0 Å². The number of fused-ring (bicyclic) bond motifs is 1. The molecule has 0 unspecified atom stereocenters. The van der Waals surface area contributed by atoms with E-state index in [0.29, 0.717) is 24.7 Å². The predicted octanol–water partition coefficient (Wildman–Crippen LogP) is 3.02. The van der Waals surface area contributed by atoms with Crippen molar-refractivity contribution in [2.45, 2.75) is 45.0 Å². The lowest BCUT2D eigenvalue weighted by molar-refractivity contribution is -0.298. The number of carbonyl (C=O) groups excluding carboxylic acids is 1. The van der Waals surface area contributed by atoms with E-state index in [1.54, 1.807) is 12.1 Å². The highest BCUT2D eigenvalue weighted by Crippen LogP contribution is 2.55. The van der Waals surface area contributed by atoms with Crippen molar-refractivity contribution in [2.75, 3.05) is 19.8 Å². The van der Waals surface area contributed by atoms with Crippen LogP contribution in [0.5, 0.6) is 0 Å². The summed E-state index contributed by atoms with van der Waals surface area (Å²) in [7, 11) is 0. The van der Waals surface area contributed by atoms with Crippen molar-refractivity contribution in [3.05, 3.63) is 35.9 Å². The number of hydrogen-bond acceptors (Lipinski definition) is 5. The molecular formula is C21H28O5. The predicted molar refractivity (Wildman–Crippen MR) is 95.5 cm³/mol. The summed E-state index contributed by atoms with van der Waals surface area (Å²) in [6.07, 6.45) is 2.13. The quantitative estimate of drug-likeness (QED) is 0.840. The molecule has 1 N–H and O–H groups in total. The number of carbonyl (C=O) groups is 1. The first-order valence-electron chi connectivity index (χ1n) is 9.56. The molecule has 1 aromatic rings. The first-order valence-corrected chi connectivity index (χ1v) is 9.56. The van der Waals surface area contributed by atoms with E-state index in [2.05, 4.69) is 13.8 Å². The Labute approximate surface area is 154 Å². The molecule has 0 amide bonds. The zero-order valence-corrected chi connectivity index (χ0v) is 15.5. The topological polar surface area (TPSA) is 65.0 Å². The molecule has 5 heteroatoms. The van der Waals surface area contributed by atoms with Crippen LogP contribution in [0.25, 0.3) is 0 Å². The number of aliphatic hydroxyl groups is 1. The Kier molecular flexibility index (Phi) is 4.58. The number of aliphatic hydroxyl groups excluding tert-OH is 1. The average Bonchev–Trinajstić information content (AvgIpc) is 3.12. The molecule has 1 saturated heterocycles. The van der Waals surface area contributed by atoms with Gasteiger partial charge in [-0.3, -0.25) is 0 Å². The summed E-state index contributed by atoms with van der Waals surface area (Å²) < 4.78 is 18.1. The molecule has 3 aliphatic rings. The van der Waals surface area contributed by atoms with E-state index in [9.17, 15) is 9.90 Å². The molecule has 0 radical (unpaired) electrons. The highest BCUT2D eigenvalue weighted by atomic mass is 16.7. The minimum atomic E-state index is -0.507. The third kappa shape index (κ3) is 3.28. The van der Waals surface area contributed by atoms with Gasteiger partial charge in [-0.25, -0.2) is 4.79 Å². The number of hydrogen-bond donors (Lipinski definition) is 1. The highest BCUT2D eigenvalue weighted by Gasteiger charge is 2.57. The third-order valence-electron chi connectivity index (χ3n) is 6.22.